The van der Waals surface area contributed by atoms with Gasteiger partial charge in [0, 0.05) is 12.1 Å². The molecule has 2 aromatic rings. The molecule has 2 rings (SSSR count). The van der Waals surface area contributed by atoms with Crippen molar-refractivity contribution in [1.82, 2.24) is 0 Å². The summed E-state index contributed by atoms with van der Waals surface area (Å²) in [7, 11) is 0. The van der Waals surface area contributed by atoms with Crippen LogP contribution in [-0.4, -0.2) is 12.5 Å². The maximum absolute atomic E-state index is 13.4. The third kappa shape index (κ3) is 5.07. The van der Waals surface area contributed by atoms with Crippen LogP contribution in [0.1, 0.15) is 5.56 Å². The summed E-state index contributed by atoms with van der Waals surface area (Å²) in [5.74, 6) is -1.34. The van der Waals surface area contributed by atoms with Crippen LogP contribution >= 0.6 is 0 Å². The minimum absolute atomic E-state index is 0.0748. The molecular weight excluding hydrogens is 300 g/mol. The number of amides is 1. The standard InChI is InChI=1S/C18H15F2NO2/c1-2-11-23-15-7-3-13(4-8-15)5-10-18(22)21-17-9-6-14(19)12-16(17)20/h2-10,12H,1,11H2,(H,21,22)/b10-5+. The highest BCUT2D eigenvalue weighted by atomic mass is 19.1. The van der Waals surface area contributed by atoms with Gasteiger partial charge in [-0.2, -0.15) is 0 Å². The van der Waals surface area contributed by atoms with Crippen LogP contribution in [0.2, 0.25) is 0 Å². The summed E-state index contributed by atoms with van der Waals surface area (Å²) in [4.78, 5) is 11.7. The number of carbonyl (C=O) groups is 1. The summed E-state index contributed by atoms with van der Waals surface area (Å²) in [6, 6.07) is 10.0. The molecule has 0 aliphatic rings. The fourth-order valence-corrected chi connectivity index (χ4v) is 1.77. The van der Waals surface area contributed by atoms with Crippen LogP contribution in [0, 0.1) is 11.6 Å². The van der Waals surface area contributed by atoms with Gasteiger partial charge in [0.1, 0.15) is 24.0 Å². The lowest BCUT2D eigenvalue weighted by atomic mass is 10.2. The lowest BCUT2D eigenvalue weighted by Crippen LogP contribution is -2.09. The number of hydrogen-bond donors (Lipinski definition) is 1. The zero-order valence-corrected chi connectivity index (χ0v) is 12.3. The van der Waals surface area contributed by atoms with Gasteiger partial charge in [0.25, 0.3) is 0 Å². The van der Waals surface area contributed by atoms with Gasteiger partial charge < -0.3 is 10.1 Å². The first-order valence-electron chi connectivity index (χ1n) is 6.86. The van der Waals surface area contributed by atoms with E-state index in [1.54, 1.807) is 36.4 Å². The maximum atomic E-state index is 13.4. The molecule has 0 bridgehead atoms. The van der Waals surface area contributed by atoms with E-state index in [0.717, 1.165) is 11.6 Å². The van der Waals surface area contributed by atoms with E-state index >= 15 is 0 Å². The molecule has 0 fully saturated rings. The van der Waals surface area contributed by atoms with Gasteiger partial charge >= 0.3 is 0 Å². The Morgan fingerprint density at radius 2 is 1.91 bits per heavy atom. The average molecular weight is 315 g/mol. The summed E-state index contributed by atoms with van der Waals surface area (Å²) >= 11 is 0. The number of halogens is 2. The molecule has 0 aliphatic heterocycles. The van der Waals surface area contributed by atoms with Crippen molar-refractivity contribution in [2.24, 2.45) is 0 Å². The molecule has 0 aromatic heterocycles. The van der Waals surface area contributed by atoms with Crippen LogP contribution in [0.25, 0.3) is 6.08 Å². The summed E-state index contributed by atoms with van der Waals surface area (Å²) < 4.78 is 31.5. The molecule has 1 N–H and O–H groups in total. The molecule has 0 aliphatic carbocycles. The minimum Gasteiger partial charge on any atom is -0.490 e. The minimum atomic E-state index is -0.824. The van der Waals surface area contributed by atoms with E-state index in [9.17, 15) is 13.6 Å². The first-order chi connectivity index (χ1) is 11.1. The van der Waals surface area contributed by atoms with Crippen molar-refractivity contribution in [3.05, 3.63) is 78.4 Å². The second-order valence-corrected chi connectivity index (χ2v) is 4.62. The Balaban J connectivity index is 1.96. The van der Waals surface area contributed by atoms with Gasteiger partial charge in [0.15, 0.2) is 0 Å². The van der Waals surface area contributed by atoms with E-state index < -0.39 is 17.5 Å². The number of rotatable bonds is 6. The molecule has 0 saturated heterocycles. The van der Waals surface area contributed by atoms with Gasteiger partial charge in [0.05, 0.1) is 5.69 Å². The largest absolute Gasteiger partial charge is 0.490 e. The molecular formula is C18H15F2NO2. The van der Waals surface area contributed by atoms with Gasteiger partial charge in [-0.1, -0.05) is 24.8 Å². The quantitative estimate of drug-likeness (QED) is 0.641. The van der Waals surface area contributed by atoms with Gasteiger partial charge in [-0.05, 0) is 35.9 Å². The van der Waals surface area contributed by atoms with E-state index in [-0.39, 0.29) is 5.69 Å². The fraction of sp³-hybridized carbons (Fsp3) is 0.0556. The summed E-state index contributed by atoms with van der Waals surface area (Å²) in [6.45, 7) is 3.98. The lowest BCUT2D eigenvalue weighted by Gasteiger charge is -2.04. The maximum Gasteiger partial charge on any atom is 0.248 e. The Bertz CT molecular complexity index is 724. The Morgan fingerprint density at radius 1 is 1.17 bits per heavy atom. The number of hydrogen-bond acceptors (Lipinski definition) is 2. The van der Waals surface area contributed by atoms with Gasteiger partial charge in [-0.3, -0.25) is 4.79 Å². The van der Waals surface area contributed by atoms with E-state index in [2.05, 4.69) is 11.9 Å². The third-order valence-corrected chi connectivity index (χ3v) is 2.86. The Kier molecular flexibility index (Phi) is 5.63. The van der Waals surface area contributed by atoms with E-state index in [4.69, 9.17) is 4.74 Å². The van der Waals surface area contributed by atoms with Crippen molar-refractivity contribution in [1.29, 1.82) is 0 Å². The van der Waals surface area contributed by atoms with Crippen LogP contribution in [0.4, 0.5) is 14.5 Å². The second kappa shape index (κ2) is 7.89. The molecule has 2 aromatic carbocycles. The molecule has 1 amide bonds. The number of benzene rings is 2. The van der Waals surface area contributed by atoms with Crippen LogP contribution in [0.15, 0.2) is 61.2 Å². The smallest absolute Gasteiger partial charge is 0.248 e. The molecule has 118 valence electrons. The molecule has 0 saturated carbocycles. The van der Waals surface area contributed by atoms with Crippen LogP contribution in [-0.2, 0) is 4.79 Å². The van der Waals surface area contributed by atoms with Crippen molar-refractivity contribution in [3.8, 4) is 5.75 Å². The molecule has 23 heavy (non-hydrogen) atoms. The Labute approximate surface area is 132 Å². The van der Waals surface area contributed by atoms with E-state index in [1.165, 1.54) is 12.1 Å². The molecule has 0 unspecified atom stereocenters. The van der Waals surface area contributed by atoms with Crippen molar-refractivity contribution < 1.29 is 18.3 Å². The second-order valence-electron chi connectivity index (χ2n) is 4.62. The SMILES string of the molecule is C=CCOc1ccc(/C=C/C(=O)Nc2ccc(F)cc2F)cc1. The first-order valence-corrected chi connectivity index (χ1v) is 6.86. The Morgan fingerprint density at radius 3 is 2.57 bits per heavy atom. The fourth-order valence-electron chi connectivity index (χ4n) is 1.77. The first kappa shape index (κ1) is 16.4. The van der Waals surface area contributed by atoms with Crippen molar-refractivity contribution >= 4 is 17.7 Å². The predicted octanol–water partition coefficient (Wildman–Crippen LogP) is 4.18. The van der Waals surface area contributed by atoms with E-state index in [1.807, 2.05) is 0 Å². The Hall–Kier alpha value is -2.95. The normalized spacial score (nSPS) is 10.5. The van der Waals surface area contributed by atoms with Crippen molar-refractivity contribution in [3.63, 3.8) is 0 Å². The number of anilines is 1. The average Bonchev–Trinajstić information content (AvgIpc) is 2.54. The lowest BCUT2D eigenvalue weighted by molar-refractivity contribution is -0.111. The molecule has 0 atom stereocenters. The zero-order chi connectivity index (χ0) is 16.7. The van der Waals surface area contributed by atoms with Crippen LogP contribution in [0.5, 0.6) is 5.75 Å². The summed E-state index contributed by atoms with van der Waals surface area (Å²) in [5.41, 5.74) is 0.708. The summed E-state index contributed by atoms with van der Waals surface area (Å²) in [5, 5.41) is 2.34. The molecule has 0 radical (unpaired) electrons. The number of ether oxygens (including phenoxy) is 1. The molecule has 3 nitrogen and oxygen atoms in total. The molecule has 0 spiro atoms. The van der Waals surface area contributed by atoms with Gasteiger partial charge in [-0.15, -0.1) is 0 Å². The summed E-state index contributed by atoms with van der Waals surface area (Å²) in [6.07, 6.45) is 4.49. The highest BCUT2D eigenvalue weighted by Crippen LogP contribution is 2.16. The zero-order valence-electron chi connectivity index (χ0n) is 12.3. The molecule has 0 heterocycles. The van der Waals surface area contributed by atoms with Crippen LogP contribution < -0.4 is 10.1 Å². The van der Waals surface area contributed by atoms with Crippen molar-refractivity contribution in [2.75, 3.05) is 11.9 Å². The number of carbonyl (C=O) groups excluding carboxylic acids is 1. The van der Waals surface area contributed by atoms with Crippen LogP contribution in [0.3, 0.4) is 0 Å². The topological polar surface area (TPSA) is 38.3 Å². The highest BCUT2D eigenvalue weighted by molar-refractivity contribution is 6.01. The number of nitrogens with one attached hydrogen (secondary N) is 1. The molecule has 5 heteroatoms. The monoisotopic (exact) mass is 315 g/mol. The van der Waals surface area contributed by atoms with Gasteiger partial charge in [0.2, 0.25) is 5.91 Å². The van der Waals surface area contributed by atoms with Crippen molar-refractivity contribution in [2.45, 2.75) is 0 Å². The third-order valence-electron chi connectivity index (χ3n) is 2.86. The van der Waals surface area contributed by atoms with E-state index in [0.29, 0.717) is 18.4 Å². The highest BCUT2D eigenvalue weighted by Gasteiger charge is 2.05. The van der Waals surface area contributed by atoms with Gasteiger partial charge in [-0.25, -0.2) is 8.78 Å². The predicted molar refractivity (Wildman–Crippen MR) is 86.2 cm³/mol.